The summed E-state index contributed by atoms with van der Waals surface area (Å²) in [6.45, 7) is 11.2. The van der Waals surface area contributed by atoms with E-state index in [1.54, 1.807) is 0 Å². The molecule has 118 valence electrons. The Morgan fingerprint density at radius 2 is 1.76 bits per heavy atom. The standard InChI is InChI=1S/C18H30N2O/c1-16-7-8-17(2)18(15-16)21-14-6-4-5-9-20-12-10-19(3)11-13-20/h7-8,15H,4-6,9-14H2,1-3H3. The lowest BCUT2D eigenvalue weighted by atomic mass is 10.1. The molecular weight excluding hydrogens is 260 g/mol. The number of nitrogens with zero attached hydrogens (tertiary/aromatic N) is 2. The fourth-order valence-corrected chi connectivity index (χ4v) is 2.73. The molecule has 1 aromatic carbocycles. The minimum absolute atomic E-state index is 0.840. The summed E-state index contributed by atoms with van der Waals surface area (Å²) in [5.74, 6) is 1.05. The van der Waals surface area contributed by atoms with E-state index >= 15 is 0 Å². The number of unbranched alkanes of at least 4 members (excludes halogenated alkanes) is 2. The van der Waals surface area contributed by atoms with Crippen molar-refractivity contribution >= 4 is 0 Å². The van der Waals surface area contributed by atoms with Crippen molar-refractivity contribution in [2.24, 2.45) is 0 Å². The molecule has 3 heteroatoms. The summed E-state index contributed by atoms with van der Waals surface area (Å²) >= 11 is 0. The molecular formula is C18H30N2O. The Morgan fingerprint density at radius 3 is 2.52 bits per heavy atom. The number of benzene rings is 1. The van der Waals surface area contributed by atoms with Crippen molar-refractivity contribution in [1.29, 1.82) is 0 Å². The highest BCUT2D eigenvalue weighted by Crippen LogP contribution is 2.19. The van der Waals surface area contributed by atoms with Crippen molar-refractivity contribution in [3.63, 3.8) is 0 Å². The number of aryl methyl sites for hydroxylation is 2. The van der Waals surface area contributed by atoms with Gasteiger partial charge in [0.1, 0.15) is 5.75 Å². The Bertz CT molecular complexity index is 425. The second kappa shape index (κ2) is 8.40. The van der Waals surface area contributed by atoms with Crippen LogP contribution >= 0.6 is 0 Å². The number of hydrogen-bond acceptors (Lipinski definition) is 3. The van der Waals surface area contributed by atoms with Crippen molar-refractivity contribution < 1.29 is 4.74 Å². The Balaban J connectivity index is 1.55. The molecule has 1 heterocycles. The van der Waals surface area contributed by atoms with E-state index in [-0.39, 0.29) is 0 Å². The van der Waals surface area contributed by atoms with Gasteiger partial charge in [0.2, 0.25) is 0 Å². The Morgan fingerprint density at radius 1 is 1.00 bits per heavy atom. The molecule has 0 aliphatic carbocycles. The molecule has 0 spiro atoms. The van der Waals surface area contributed by atoms with Gasteiger partial charge in [-0.05, 0) is 63.9 Å². The summed E-state index contributed by atoms with van der Waals surface area (Å²) < 4.78 is 5.90. The van der Waals surface area contributed by atoms with Crippen LogP contribution in [-0.4, -0.2) is 56.2 Å². The van der Waals surface area contributed by atoms with Crippen LogP contribution in [0.25, 0.3) is 0 Å². The zero-order valence-corrected chi connectivity index (χ0v) is 13.9. The van der Waals surface area contributed by atoms with Gasteiger partial charge in [-0.15, -0.1) is 0 Å². The van der Waals surface area contributed by atoms with Gasteiger partial charge in [0.25, 0.3) is 0 Å². The van der Waals surface area contributed by atoms with E-state index in [1.807, 2.05) is 0 Å². The number of ether oxygens (including phenoxy) is 1. The van der Waals surface area contributed by atoms with Crippen molar-refractivity contribution in [2.45, 2.75) is 33.1 Å². The third-order valence-electron chi connectivity index (χ3n) is 4.32. The van der Waals surface area contributed by atoms with Gasteiger partial charge in [-0.2, -0.15) is 0 Å². The van der Waals surface area contributed by atoms with Crippen molar-refractivity contribution in [3.05, 3.63) is 29.3 Å². The predicted octanol–water partition coefficient (Wildman–Crippen LogP) is 3.10. The van der Waals surface area contributed by atoms with E-state index in [9.17, 15) is 0 Å². The summed E-state index contributed by atoms with van der Waals surface area (Å²) in [6.07, 6.45) is 3.71. The molecule has 2 rings (SSSR count). The first kappa shape index (κ1) is 16.3. The van der Waals surface area contributed by atoms with Gasteiger partial charge in [0.15, 0.2) is 0 Å². The molecule has 0 N–H and O–H groups in total. The molecule has 0 amide bonds. The molecule has 21 heavy (non-hydrogen) atoms. The molecule has 1 fully saturated rings. The van der Waals surface area contributed by atoms with Crippen LogP contribution in [0, 0.1) is 13.8 Å². The van der Waals surface area contributed by atoms with E-state index in [0.717, 1.165) is 18.8 Å². The minimum atomic E-state index is 0.840. The number of hydrogen-bond donors (Lipinski definition) is 0. The first-order chi connectivity index (χ1) is 10.1. The maximum absolute atomic E-state index is 5.90. The summed E-state index contributed by atoms with van der Waals surface area (Å²) in [5.41, 5.74) is 2.50. The van der Waals surface area contributed by atoms with Crippen LogP contribution in [0.4, 0.5) is 0 Å². The van der Waals surface area contributed by atoms with Gasteiger partial charge < -0.3 is 14.5 Å². The molecule has 1 saturated heterocycles. The molecule has 1 aliphatic rings. The highest BCUT2D eigenvalue weighted by Gasteiger charge is 2.12. The zero-order chi connectivity index (χ0) is 15.1. The monoisotopic (exact) mass is 290 g/mol. The lowest BCUT2D eigenvalue weighted by Crippen LogP contribution is -2.44. The average Bonchev–Trinajstić information content (AvgIpc) is 2.48. The highest BCUT2D eigenvalue weighted by molar-refractivity contribution is 5.35. The fraction of sp³-hybridized carbons (Fsp3) is 0.667. The smallest absolute Gasteiger partial charge is 0.122 e. The second-order valence-corrected chi connectivity index (χ2v) is 6.32. The molecule has 0 atom stereocenters. The van der Waals surface area contributed by atoms with Crippen LogP contribution < -0.4 is 4.74 Å². The van der Waals surface area contributed by atoms with Crippen LogP contribution in [0.2, 0.25) is 0 Å². The summed E-state index contributed by atoms with van der Waals surface area (Å²) in [6, 6.07) is 6.41. The lowest BCUT2D eigenvalue weighted by molar-refractivity contribution is 0.151. The zero-order valence-electron chi connectivity index (χ0n) is 13.9. The third-order valence-corrected chi connectivity index (χ3v) is 4.32. The number of piperazine rings is 1. The molecule has 0 radical (unpaired) electrons. The Hall–Kier alpha value is -1.06. The largest absolute Gasteiger partial charge is 0.493 e. The van der Waals surface area contributed by atoms with Crippen LogP contribution in [0.5, 0.6) is 5.75 Å². The average molecular weight is 290 g/mol. The molecule has 0 unspecified atom stereocenters. The van der Waals surface area contributed by atoms with Gasteiger partial charge in [0, 0.05) is 26.2 Å². The van der Waals surface area contributed by atoms with Gasteiger partial charge in [-0.25, -0.2) is 0 Å². The topological polar surface area (TPSA) is 15.7 Å². The highest BCUT2D eigenvalue weighted by atomic mass is 16.5. The minimum Gasteiger partial charge on any atom is -0.493 e. The summed E-state index contributed by atoms with van der Waals surface area (Å²) in [7, 11) is 2.21. The Labute approximate surface area is 129 Å². The van der Waals surface area contributed by atoms with Crippen LogP contribution in [-0.2, 0) is 0 Å². The number of rotatable bonds is 7. The molecule has 0 aromatic heterocycles. The molecule has 0 saturated carbocycles. The van der Waals surface area contributed by atoms with E-state index in [1.165, 1.54) is 56.7 Å². The SMILES string of the molecule is Cc1ccc(C)c(OCCCCCN2CCN(C)CC2)c1. The van der Waals surface area contributed by atoms with Crippen LogP contribution in [0.15, 0.2) is 18.2 Å². The fourth-order valence-electron chi connectivity index (χ4n) is 2.73. The van der Waals surface area contributed by atoms with E-state index in [0.29, 0.717) is 0 Å². The quantitative estimate of drug-likeness (QED) is 0.718. The van der Waals surface area contributed by atoms with Crippen LogP contribution in [0.1, 0.15) is 30.4 Å². The van der Waals surface area contributed by atoms with E-state index < -0.39 is 0 Å². The van der Waals surface area contributed by atoms with Crippen molar-refractivity contribution in [1.82, 2.24) is 9.80 Å². The second-order valence-electron chi connectivity index (χ2n) is 6.32. The Kier molecular flexibility index (Phi) is 6.52. The van der Waals surface area contributed by atoms with Gasteiger partial charge >= 0.3 is 0 Å². The van der Waals surface area contributed by atoms with Gasteiger partial charge in [-0.1, -0.05) is 12.1 Å². The molecule has 0 bridgehead atoms. The predicted molar refractivity (Wildman–Crippen MR) is 89.2 cm³/mol. The molecule has 1 aromatic rings. The maximum Gasteiger partial charge on any atom is 0.122 e. The molecule has 3 nitrogen and oxygen atoms in total. The first-order valence-electron chi connectivity index (χ1n) is 8.26. The van der Waals surface area contributed by atoms with E-state index in [4.69, 9.17) is 4.74 Å². The van der Waals surface area contributed by atoms with Gasteiger partial charge in [0.05, 0.1) is 6.61 Å². The lowest BCUT2D eigenvalue weighted by Gasteiger charge is -2.32. The summed E-state index contributed by atoms with van der Waals surface area (Å²) in [4.78, 5) is 5.00. The van der Waals surface area contributed by atoms with Crippen LogP contribution in [0.3, 0.4) is 0 Å². The van der Waals surface area contributed by atoms with Gasteiger partial charge in [-0.3, -0.25) is 0 Å². The van der Waals surface area contributed by atoms with Crippen molar-refractivity contribution in [2.75, 3.05) is 46.4 Å². The molecule has 1 aliphatic heterocycles. The number of likely N-dealkylation sites (N-methyl/N-ethyl adjacent to an activating group) is 1. The third kappa shape index (κ3) is 5.68. The van der Waals surface area contributed by atoms with Crippen molar-refractivity contribution in [3.8, 4) is 5.75 Å². The first-order valence-corrected chi connectivity index (χ1v) is 8.26. The summed E-state index contributed by atoms with van der Waals surface area (Å²) in [5, 5.41) is 0. The normalized spacial score (nSPS) is 17.1. The van der Waals surface area contributed by atoms with E-state index in [2.05, 4.69) is 48.9 Å². The maximum atomic E-state index is 5.90.